The number of anilines is 1. The van der Waals surface area contributed by atoms with E-state index in [2.05, 4.69) is 5.32 Å². The molecular formula is C14H19ClN2O3. The number of benzene rings is 1. The van der Waals surface area contributed by atoms with E-state index in [0.717, 1.165) is 11.1 Å². The third kappa shape index (κ3) is 3.49. The molecule has 1 aromatic rings. The van der Waals surface area contributed by atoms with Crippen LogP contribution in [0.4, 0.5) is 5.69 Å². The lowest BCUT2D eigenvalue weighted by Gasteiger charge is -2.16. The lowest BCUT2D eigenvalue weighted by Crippen LogP contribution is -2.32. The first-order valence-electron chi connectivity index (χ1n) is 6.52. The SMILES string of the molecule is Cc1cc(C)c(NC(=O)CN2C[C@@H](O)[C@@H](O)C2)c(Cl)c1. The smallest absolute Gasteiger partial charge is 0.238 e. The van der Waals surface area contributed by atoms with Crippen molar-refractivity contribution in [3.05, 3.63) is 28.3 Å². The van der Waals surface area contributed by atoms with Crippen molar-refractivity contribution in [2.75, 3.05) is 25.0 Å². The fraction of sp³-hybridized carbons (Fsp3) is 0.500. The van der Waals surface area contributed by atoms with Crippen LogP contribution in [-0.2, 0) is 4.79 Å². The zero-order valence-corrected chi connectivity index (χ0v) is 12.3. The first-order chi connectivity index (χ1) is 9.36. The Kier molecular flexibility index (Phi) is 4.65. The van der Waals surface area contributed by atoms with E-state index >= 15 is 0 Å². The summed E-state index contributed by atoms with van der Waals surface area (Å²) in [6.45, 7) is 4.55. The van der Waals surface area contributed by atoms with Crippen molar-refractivity contribution in [3.8, 4) is 0 Å². The van der Waals surface area contributed by atoms with Gasteiger partial charge in [-0.15, -0.1) is 0 Å². The number of likely N-dealkylation sites (tertiary alicyclic amines) is 1. The maximum absolute atomic E-state index is 12.0. The number of nitrogens with zero attached hydrogens (tertiary/aromatic N) is 1. The van der Waals surface area contributed by atoms with Gasteiger partial charge in [0.2, 0.25) is 5.91 Å². The number of carbonyl (C=O) groups excluding carboxylic acids is 1. The minimum absolute atomic E-state index is 0.123. The number of β-amino-alcohol motifs (C(OH)–C–C–N with tert-alkyl or cyclic N) is 2. The number of hydrogen-bond acceptors (Lipinski definition) is 4. The Morgan fingerprint density at radius 3 is 2.50 bits per heavy atom. The molecule has 20 heavy (non-hydrogen) atoms. The second-order valence-electron chi connectivity index (χ2n) is 5.32. The average Bonchev–Trinajstić information content (AvgIpc) is 2.63. The number of amides is 1. The van der Waals surface area contributed by atoms with E-state index in [9.17, 15) is 15.0 Å². The molecule has 0 saturated carbocycles. The van der Waals surface area contributed by atoms with Crippen molar-refractivity contribution < 1.29 is 15.0 Å². The molecule has 1 aliphatic heterocycles. The molecule has 1 saturated heterocycles. The molecule has 0 aliphatic carbocycles. The summed E-state index contributed by atoms with van der Waals surface area (Å²) in [5.41, 5.74) is 2.56. The van der Waals surface area contributed by atoms with Gasteiger partial charge in [-0.2, -0.15) is 0 Å². The van der Waals surface area contributed by atoms with Crippen LogP contribution in [0.5, 0.6) is 0 Å². The quantitative estimate of drug-likeness (QED) is 0.776. The molecule has 1 aliphatic rings. The molecule has 0 radical (unpaired) electrons. The molecule has 5 nitrogen and oxygen atoms in total. The number of halogens is 1. The lowest BCUT2D eigenvalue weighted by atomic mass is 10.1. The standard InChI is InChI=1S/C14H19ClN2O3/c1-8-3-9(2)14(10(15)4-8)16-13(20)7-17-5-11(18)12(19)6-17/h3-4,11-12,18-19H,5-7H2,1-2H3,(H,16,20)/t11-,12+. The van der Waals surface area contributed by atoms with Gasteiger partial charge in [-0.3, -0.25) is 9.69 Å². The average molecular weight is 299 g/mol. The highest BCUT2D eigenvalue weighted by Crippen LogP contribution is 2.27. The maximum atomic E-state index is 12.0. The predicted molar refractivity (Wildman–Crippen MR) is 78.0 cm³/mol. The number of hydrogen-bond donors (Lipinski definition) is 3. The Bertz CT molecular complexity index is 488. The topological polar surface area (TPSA) is 72.8 Å². The van der Waals surface area contributed by atoms with Crippen LogP contribution in [-0.4, -0.2) is 52.9 Å². The van der Waals surface area contributed by atoms with Gasteiger partial charge in [-0.05, 0) is 31.0 Å². The van der Waals surface area contributed by atoms with Gasteiger partial charge >= 0.3 is 0 Å². The van der Waals surface area contributed by atoms with Gasteiger partial charge in [0.25, 0.3) is 0 Å². The Labute approximate surface area is 123 Å². The van der Waals surface area contributed by atoms with Gasteiger partial charge in [0.15, 0.2) is 0 Å². The molecule has 1 heterocycles. The van der Waals surface area contributed by atoms with Crippen LogP contribution in [0.1, 0.15) is 11.1 Å². The van der Waals surface area contributed by atoms with Crippen LogP contribution in [0, 0.1) is 13.8 Å². The van der Waals surface area contributed by atoms with Gasteiger partial charge in [-0.25, -0.2) is 0 Å². The van der Waals surface area contributed by atoms with E-state index in [4.69, 9.17) is 11.6 Å². The summed E-state index contributed by atoms with van der Waals surface area (Å²) < 4.78 is 0. The van der Waals surface area contributed by atoms with Gasteiger partial charge in [0.05, 0.1) is 29.5 Å². The van der Waals surface area contributed by atoms with Crippen molar-refractivity contribution >= 4 is 23.2 Å². The summed E-state index contributed by atoms with van der Waals surface area (Å²) in [4.78, 5) is 13.7. The lowest BCUT2D eigenvalue weighted by molar-refractivity contribution is -0.117. The summed E-state index contributed by atoms with van der Waals surface area (Å²) in [6.07, 6.45) is -1.57. The zero-order valence-electron chi connectivity index (χ0n) is 11.6. The van der Waals surface area contributed by atoms with Gasteiger partial charge in [0, 0.05) is 13.1 Å². The van der Waals surface area contributed by atoms with Crippen LogP contribution >= 0.6 is 11.6 Å². The highest BCUT2D eigenvalue weighted by Gasteiger charge is 2.30. The minimum atomic E-state index is -0.785. The first-order valence-corrected chi connectivity index (χ1v) is 6.89. The summed E-state index contributed by atoms with van der Waals surface area (Å²) in [5.74, 6) is -0.208. The van der Waals surface area contributed by atoms with Crippen LogP contribution in [0.3, 0.4) is 0 Å². The maximum Gasteiger partial charge on any atom is 0.238 e. The van der Waals surface area contributed by atoms with E-state index in [1.807, 2.05) is 19.9 Å². The van der Waals surface area contributed by atoms with Crippen LogP contribution in [0.15, 0.2) is 12.1 Å². The Morgan fingerprint density at radius 2 is 1.95 bits per heavy atom. The summed E-state index contributed by atoms with van der Waals surface area (Å²) in [5, 5.41) is 22.2. The number of aliphatic hydroxyl groups is 2. The third-order valence-corrected chi connectivity index (χ3v) is 3.70. The van der Waals surface area contributed by atoms with Gasteiger partial charge in [-0.1, -0.05) is 17.7 Å². The molecule has 1 fully saturated rings. The minimum Gasteiger partial charge on any atom is -0.389 e. The highest BCUT2D eigenvalue weighted by molar-refractivity contribution is 6.34. The molecule has 3 N–H and O–H groups in total. The van der Waals surface area contributed by atoms with Gasteiger partial charge < -0.3 is 15.5 Å². The van der Waals surface area contributed by atoms with E-state index in [1.54, 1.807) is 11.0 Å². The van der Waals surface area contributed by atoms with E-state index in [0.29, 0.717) is 23.8 Å². The van der Waals surface area contributed by atoms with Gasteiger partial charge in [0.1, 0.15) is 0 Å². The third-order valence-electron chi connectivity index (χ3n) is 3.40. The predicted octanol–water partition coefficient (Wildman–Crippen LogP) is 0.933. The fourth-order valence-corrected chi connectivity index (χ4v) is 2.80. The monoisotopic (exact) mass is 298 g/mol. The molecule has 2 atom stereocenters. The largest absolute Gasteiger partial charge is 0.389 e. The molecule has 1 aromatic carbocycles. The summed E-state index contributed by atoms with van der Waals surface area (Å²) >= 11 is 6.13. The molecular weight excluding hydrogens is 280 g/mol. The molecule has 1 amide bonds. The molecule has 0 unspecified atom stereocenters. The fourth-order valence-electron chi connectivity index (χ4n) is 2.43. The Balaban J connectivity index is 1.99. The van der Waals surface area contributed by atoms with Crippen LogP contribution < -0.4 is 5.32 Å². The number of carbonyl (C=O) groups is 1. The van der Waals surface area contributed by atoms with Crippen molar-refractivity contribution in [1.82, 2.24) is 4.90 Å². The Hall–Kier alpha value is -1.14. The molecule has 2 rings (SSSR count). The number of nitrogens with one attached hydrogen (secondary N) is 1. The normalized spacial score (nSPS) is 23.1. The van der Waals surface area contributed by atoms with E-state index in [1.165, 1.54) is 0 Å². The zero-order chi connectivity index (χ0) is 14.9. The summed E-state index contributed by atoms with van der Waals surface area (Å²) in [6, 6.07) is 3.75. The number of aryl methyl sites for hydroxylation is 2. The number of aliphatic hydroxyl groups excluding tert-OH is 2. The highest BCUT2D eigenvalue weighted by atomic mass is 35.5. The van der Waals surface area contributed by atoms with Crippen molar-refractivity contribution in [1.29, 1.82) is 0 Å². The second kappa shape index (κ2) is 6.10. The van der Waals surface area contributed by atoms with E-state index in [-0.39, 0.29) is 12.5 Å². The van der Waals surface area contributed by atoms with E-state index < -0.39 is 12.2 Å². The second-order valence-corrected chi connectivity index (χ2v) is 5.72. The molecule has 110 valence electrons. The van der Waals surface area contributed by atoms with Crippen molar-refractivity contribution in [2.24, 2.45) is 0 Å². The molecule has 0 bridgehead atoms. The van der Waals surface area contributed by atoms with Crippen molar-refractivity contribution in [3.63, 3.8) is 0 Å². The molecule has 6 heteroatoms. The number of rotatable bonds is 3. The summed E-state index contributed by atoms with van der Waals surface area (Å²) in [7, 11) is 0. The van der Waals surface area contributed by atoms with Crippen molar-refractivity contribution in [2.45, 2.75) is 26.1 Å². The first kappa shape index (κ1) is 15.3. The van der Waals surface area contributed by atoms with Crippen LogP contribution in [0.2, 0.25) is 5.02 Å². The Morgan fingerprint density at radius 1 is 1.35 bits per heavy atom. The molecule has 0 aromatic heterocycles. The van der Waals surface area contributed by atoms with Crippen LogP contribution in [0.25, 0.3) is 0 Å². The molecule has 0 spiro atoms.